The maximum Gasteiger partial charge on any atom is 0.344 e. The first-order valence-corrected chi connectivity index (χ1v) is 9.19. The number of ether oxygens (including phenoxy) is 2. The van der Waals surface area contributed by atoms with Gasteiger partial charge >= 0.3 is 12.0 Å². The summed E-state index contributed by atoms with van der Waals surface area (Å²) in [7, 11) is 0. The smallest absolute Gasteiger partial charge is 0.344 e. The number of hydrogen-bond acceptors (Lipinski definition) is 6. The Balaban J connectivity index is 1.75. The van der Waals surface area contributed by atoms with Gasteiger partial charge in [-0.1, -0.05) is 18.2 Å². The van der Waals surface area contributed by atoms with Crippen molar-refractivity contribution in [2.24, 2.45) is 0 Å². The van der Waals surface area contributed by atoms with E-state index in [1.165, 1.54) is 6.92 Å². The third-order valence-electron chi connectivity index (χ3n) is 3.61. The van der Waals surface area contributed by atoms with Crippen molar-refractivity contribution in [3.63, 3.8) is 0 Å². The Bertz CT molecular complexity index is 822. The zero-order valence-corrected chi connectivity index (χ0v) is 16.6. The molecule has 8 nitrogen and oxygen atoms in total. The van der Waals surface area contributed by atoms with Gasteiger partial charge in [-0.25, -0.2) is 9.59 Å². The average molecular weight is 399 g/mol. The molecule has 2 aromatic carbocycles. The van der Waals surface area contributed by atoms with Crippen LogP contribution in [-0.2, 0) is 14.3 Å². The summed E-state index contributed by atoms with van der Waals surface area (Å²) in [6.45, 7) is 4.53. The van der Waals surface area contributed by atoms with Crippen LogP contribution in [0, 0.1) is 0 Å². The van der Waals surface area contributed by atoms with Gasteiger partial charge in [0.2, 0.25) is 0 Å². The molecule has 2 rings (SSSR count). The molecule has 1 atom stereocenters. The molecule has 0 fully saturated rings. The number of imide groups is 1. The second kappa shape index (κ2) is 10.7. The zero-order valence-electron chi connectivity index (χ0n) is 16.6. The molecule has 0 radical (unpaired) electrons. The summed E-state index contributed by atoms with van der Waals surface area (Å²) < 4.78 is 10.3. The first-order valence-electron chi connectivity index (χ1n) is 9.19. The fourth-order valence-electron chi connectivity index (χ4n) is 2.26. The van der Waals surface area contributed by atoms with Crippen molar-refractivity contribution in [3.8, 4) is 5.75 Å². The van der Waals surface area contributed by atoms with Gasteiger partial charge in [0.25, 0.3) is 5.91 Å². The fraction of sp³-hybridized carbons (Fsp3) is 0.286. The number of urea groups is 1. The van der Waals surface area contributed by atoms with Crippen LogP contribution in [-0.4, -0.2) is 36.7 Å². The lowest BCUT2D eigenvalue weighted by atomic mass is 10.2. The summed E-state index contributed by atoms with van der Waals surface area (Å²) in [5, 5.41) is 7.85. The van der Waals surface area contributed by atoms with Gasteiger partial charge in [0.15, 0.2) is 12.7 Å². The van der Waals surface area contributed by atoms with Crippen LogP contribution in [0.25, 0.3) is 0 Å². The second-order valence-corrected chi connectivity index (χ2v) is 6.55. The molecule has 0 heterocycles. The molecular weight excluding hydrogens is 374 g/mol. The summed E-state index contributed by atoms with van der Waals surface area (Å²) in [4.78, 5) is 35.2. The highest BCUT2D eigenvalue weighted by Gasteiger charge is 2.20. The van der Waals surface area contributed by atoms with Crippen molar-refractivity contribution < 1.29 is 23.9 Å². The molecule has 0 aliphatic carbocycles. The molecule has 0 saturated carbocycles. The maximum absolute atomic E-state index is 11.9. The average Bonchev–Trinajstić information content (AvgIpc) is 2.67. The summed E-state index contributed by atoms with van der Waals surface area (Å²) in [5.41, 5.74) is 1.83. The van der Waals surface area contributed by atoms with E-state index in [4.69, 9.17) is 9.47 Å². The van der Waals surface area contributed by atoms with E-state index >= 15 is 0 Å². The Labute approximate surface area is 169 Å². The van der Waals surface area contributed by atoms with Crippen molar-refractivity contribution in [1.82, 2.24) is 10.6 Å². The fourth-order valence-corrected chi connectivity index (χ4v) is 2.26. The zero-order chi connectivity index (χ0) is 21.2. The van der Waals surface area contributed by atoms with Gasteiger partial charge in [0.05, 0.1) is 0 Å². The minimum atomic E-state index is -1.12. The molecule has 0 unspecified atom stereocenters. The number of amides is 3. The molecule has 0 aliphatic heterocycles. The topological polar surface area (TPSA) is 106 Å². The van der Waals surface area contributed by atoms with Gasteiger partial charge in [0, 0.05) is 17.4 Å². The van der Waals surface area contributed by atoms with Crippen molar-refractivity contribution in [2.45, 2.75) is 32.9 Å². The minimum absolute atomic E-state index is 0.122. The Morgan fingerprint density at radius 1 is 0.897 bits per heavy atom. The van der Waals surface area contributed by atoms with Crippen LogP contribution in [0.2, 0.25) is 0 Å². The van der Waals surface area contributed by atoms with Crippen LogP contribution < -0.4 is 20.7 Å². The predicted octanol–water partition coefficient (Wildman–Crippen LogP) is 2.97. The van der Waals surface area contributed by atoms with Crippen LogP contribution in [0.5, 0.6) is 5.75 Å². The van der Waals surface area contributed by atoms with E-state index in [0.717, 1.165) is 11.4 Å². The Kier molecular flexibility index (Phi) is 8.02. The van der Waals surface area contributed by atoms with E-state index in [-0.39, 0.29) is 12.6 Å². The van der Waals surface area contributed by atoms with Gasteiger partial charge in [-0.15, -0.1) is 0 Å². The van der Waals surface area contributed by atoms with E-state index in [1.807, 2.05) is 42.5 Å². The number of nitrogens with one attached hydrogen (secondary N) is 3. The molecule has 154 valence electrons. The van der Waals surface area contributed by atoms with Gasteiger partial charge in [0.1, 0.15) is 5.75 Å². The van der Waals surface area contributed by atoms with Crippen molar-refractivity contribution in [1.29, 1.82) is 0 Å². The van der Waals surface area contributed by atoms with E-state index in [1.54, 1.807) is 26.0 Å². The van der Waals surface area contributed by atoms with Crippen LogP contribution in [0.15, 0.2) is 54.6 Å². The van der Waals surface area contributed by atoms with Crippen LogP contribution in [0.3, 0.4) is 0 Å². The van der Waals surface area contributed by atoms with Crippen molar-refractivity contribution >= 4 is 29.3 Å². The Hall–Kier alpha value is -3.55. The number of hydrogen-bond donors (Lipinski definition) is 3. The highest BCUT2D eigenvalue weighted by Crippen LogP contribution is 2.19. The standard InChI is InChI=1S/C21H25N3O5/c1-14(2)22-21(27)24-20(26)15(3)29-19(25)13-28-18-11-9-17(10-12-18)23-16-7-5-4-6-8-16/h4-12,14-15,23H,13H2,1-3H3,(H2,22,24,26,27)/t15-/m0/s1. The highest BCUT2D eigenvalue weighted by molar-refractivity contribution is 5.97. The maximum atomic E-state index is 11.9. The van der Waals surface area contributed by atoms with Crippen LogP contribution >= 0.6 is 0 Å². The Morgan fingerprint density at radius 3 is 2.14 bits per heavy atom. The van der Waals surface area contributed by atoms with E-state index in [0.29, 0.717) is 5.75 Å². The van der Waals surface area contributed by atoms with Gasteiger partial charge in [-0.3, -0.25) is 10.1 Å². The molecule has 0 aromatic heterocycles. The molecule has 29 heavy (non-hydrogen) atoms. The third-order valence-corrected chi connectivity index (χ3v) is 3.61. The molecule has 8 heteroatoms. The molecular formula is C21H25N3O5. The van der Waals surface area contributed by atoms with Gasteiger partial charge < -0.3 is 20.1 Å². The summed E-state index contributed by atoms with van der Waals surface area (Å²) >= 11 is 0. The molecule has 0 saturated heterocycles. The first-order chi connectivity index (χ1) is 13.8. The van der Waals surface area contributed by atoms with E-state index < -0.39 is 24.0 Å². The lowest BCUT2D eigenvalue weighted by molar-refractivity contribution is -0.156. The molecule has 3 N–H and O–H groups in total. The number of rotatable bonds is 8. The molecule has 0 bridgehead atoms. The van der Waals surface area contributed by atoms with E-state index in [9.17, 15) is 14.4 Å². The van der Waals surface area contributed by atoms with Crippen molar-refractivity contribution in [3.05, 3.63) is 54.6 Å². The summed E-state index contributed by atoms with van der Waals surface area (Å²) in [6, 6.07) is 16.0. The number of carbonyl (C=O) groups is 3. The quantitative estimate of drug-likeness (QED) is 0.590. The Morgan fingerprint density at radius 2 is 1.52 bits per heavy atom. The first kappa shape index (κ1) is 21.7. The number of para-hydroxylation sites is 1. The summed E-state index contributed by atoms with van der Waals surface area (Å²) in [6.07, 6.45) is -1.12. The van der Waals surface area contributed by atoms with Crippen molar-refractivity contribution in [2.75, 3.05) is 11.9 Å². The number of esters is 1. The molecule has 3 amide bonds. The van der Waals surface area contributed by atoms with Gasteiger partial charge in [-0.2, -0.15) is 0 Å². The SMILES string of the molecule is CC(C)NC(=O)NC(=O)[C@H](C)OC(=O)COc1ccc(Nc2ccccc2)cc1. The molecule has 0 spiro atoms. The second-order valence-electron chi connectivity index (χ2n) is 6.55. The van der Waals surface area contributed by atoms with Crippen LogP contribution in [0.4, 0.5) is 16.2 Å². The predicted molar refractivity (Wildman–Crippen MR) is 109 cm³/mol. The highest BCUT2D eigenvalue weighted by atomic mass is 16.6. The van der Waals surface area contributed by atoms with Crippen LogP contribution in [0.1, 0.15) is 20.8 Å². The minimum Gasteiger partial charge on any atom is -0.482 e. The lowest BCUT2D eigenvalue weighted by Crippen LogP contribution is -2.46. The van der Waals surface area contributed by atoms with E-state index in [2.05, 4.69) is 16.0 Å². The summed E-state index contributed by atoms with van der Waals surface area (Å²) in [5.74, 6) is -0.953. The molecule has 0 aliphatic rings. The van der Waals surface area contributed by atoms with Gasteiger partial charge in [-0.05, 0) is 57.2 Å². The number of carbonyl (C=O) groups excluding carboxylic acids is 3. The normalized spacial score (nSPS) is 11.3. The molecule has 2 aromatic rings. The monoisotopic (exact) mass is 399 g/mol. The largest absolute Gasteiger partial charge is 0.482 e. The number of anilines is 2. The number of benzene rings is 2. The third kappa shape index (κ3) is 7.92. The lowest BCUT2D eigenvalue weighted by Gasteiger charge is -2.14.